The predicted molar refractivity (Wildman–Crippen MR) is 86.6 cm³/mol. The lowest BCUT2D eigenvalue weighted by molar-refractivity contribution is 0.472. The fourth-order valence-electron chi connectivity index (χ4n) is 2.74. The minimum absolute atomic E-state index is 0.248. The number of halogens is 2. The van der Waals surface area contributed by atoms with Crippen LogP contribution < -0.4 is 5.32 Å². The molecule has 0 bridgehead atoms. The molecule has 104 valence electrons. The lowest BCUT2D eigenvalue weighted by Gasteiger charge is -2.27. The third kappa shape index (κ3) is 2.79. The average Bonchev–Trinajstić information content (AvgIpc) is 2.41. The van der Waals surface area contributed by atoms with Crippen molar-refractivity contribution in [3.63, 3.8) is 0 Å². The summed E-state index contributed by atoms with van der Waals surface area (Å²) in [5, 5.41) is 13.8. The molecular formula is C16H15BrClNO. The van der Waals surface area contributed by atoms with Gasteiger partial charge in [-0.05, 0) is 60.7 Å². The van der Waals surface area contributed by atoms with Gasteiger partial charge < -0.3 is 10.4 Å². The number of benzene rings is 2. The van der Waals surface area contributed by atoms with Crippen LogP contribution in [0.25, 0.3) is 0 Å². The van der Waals surface area contributed by atoms with Gasteiger partial charge in [-0.15, -0.1) is 0 Å². The van der Waals surface area contributed by atoms with Crippen LogP contribution >= 0.6 is 27.5 Å². The van der Waals surface area contributed by atoms with E-state index >= 15 is 0 Å². The molecule has 0 amide bonds. The first kappa shape index (κ1) is 13.8. The fourth-order valence-corrected chi connectivity index (χ4v) is 3.47. The Balaban J connectivity index is 1.89. The Labute approximate surface area is 131 Å². The molecule has 0 heterocycles. The quantitative estimate of drug-likeness (QED) is 0.769. The molecular weight excluding hydrogens is 338 g/mol. The maximum absolute atomic E-state index is 9.59. The van der Waals surface area contributed by atoms with Gasteiger partial charge in [-0.25, -0.2) is 0 Å². The van der Waals surface area contributed by atoms with E-state index in [2.05, 4.69) is 21.2 Å². The smallest absolute Gasteiger partial charge is 0.115 e. The Morgan fingerprint density at radius 1 is 1.20 bits per heavy atom. The number of fused-ring (bicyclic) bond motifs is 1. The largest absolute Gasteiger partial charge is 0.508 e. The number of aromatic hydroxyl groups is 1. The van der Waals surface area contributed by atoms with Gasteiger partial charge in [-0.3, -0.25) is 0 Å². The molecule has 2 aromatic rings. The van der Waals surface area contributed by atoms with Crippen LogP contribution in [0.1, 0.15) is 30.0 Å². The first-order valence-electron chi connectivity index (χ1n) is 6.67. The summed E-state index contributed by atoms with van der Waals surface area (Å²) >= 11 is 9.68. The summed E-state index contributed by atoms with van der Waals surface area (Å²) in [5.41, 5.74) is 3.43. The highest BCUT2D eigenvalue weighted by Gasteiger charge is 2.21. The van der Waals surface area contributed by atoms with E-state index in [0.29, 0.717) is 10.8 Å². The molecule has 20 heavy (non-hydrogen) atoms. The summed E-state index contributed by atoms with van der Waals surface area (Å²) in [6.07, 6.45) is 3.21. The van der Waals surface area contributed by atoms with E-state index in [9.17, 15) is 5.11 Å². The molecule has 0 aromatic heterocycles. The zero-order chi connectivity index (χ0) is 14.1. The van der Waals surface area contributed by atoms with E-state index in [0.717, 1.165) is 29.4 Å². The summed E-state index contributed by atoms with van der Waals surface area (Å²) in [7, 11) is 0. The van der Waals surface area contributed by atoms with Crippen LogP contribution in [-0.2, 0) is 6.42 Å². The molecule has 0 spiro atoms. The maximum atomic E-state index is 9.59. The molecule has 0 aliphatic heterocycles. The molecule has 0 saturated carbocycles. The number of hydrogen-bond donors (Lipinski definition) is 2. The van der Waals surface area contributed by atoms with Crippen molar-refractivity contribution in [1.29, 1.82) is 0 Å². The van der Waals surface area contributed by atoms with E-state index in [4.69, 9.17) is 11.6 Å². The molecule has 0 saturated heterocycles. The van der Waals surface area contributed by atoms with Crippen molar-refractivity contribution in [1.82, 2.24) is 0 Å². The Morgan fingerprint density at radius 2 is 2.05 bits per heavy atom. The third-order valence-electron chi connectivity index (χ3n) is 3.70. The Bertz CT molecular complexity index is 644. The molecule has 1 unspecified atom stereocenters. The molecule has 3 rings (SSSR count). The van der Waals surface area contributed by atoms with E-state index in [1.54, 1.807) is 6.07 Å². The van der Waals surface area contributed by atoms with Crippen LogP contribution in [0.5, 0.6) is 5.75 Å². The predicted octanol–water partition coefficient (Wildman–Crippen LogP) is 5.30. The number of phenolic OH excluding ortho intramolecular Hbond substituents is 1. The highest BCUT2D eigenvalue weighted by molar-refractivity contribution is 9.10. The van der Waals surface area contributed by atoms with Gasteiger partial charge in [0.1, 0.15) is 5.75 Å². The third-order valence-corrected chi connectivity index (χ3v) is 4.51. The lowest BCUT2D eigenvalue weighted by atomic mass is 9.87. The summed E-state index contributed by atoms with van der Waals surface area (Å²) in [6, 6.07) is 11.7. The van der Waals surface area contributed by atoms with Crippen molar-refractivity contribution in [3.8, 4) is 5.75 Å². The van der Waals surface area contributed by atoms with Gasteiger partial charge in [-0.2, -0.15) is 0 Å². The lowest BCUT2D eigenvalue weighted by Crippen LogP contribution is -2.17. The second-order valence-corrected chi connectivity index (χ2v) is 6.42. The fraction of sp³-hybridized carbons (Fsp3) is 0.250. The van der Waals surface area contributed by atoms with Crippen LogP contribution in [0.2, 0.25) is 5.02 Å². The van der Waals surface area contributed by atoms with Crippen molar-refractivity contribution in [3.05, 3.63) is 57.0 Å². The molecule has 4 heteroatoms. The summed E-state index contributed by atoms with van der Waals surface area (Å²) in [4.78, 5) is 0. The molecule has 2 nitrogen and oxygen atoms in total. The first-order valence-corrected chi connectivity index (χ1v) is 7.84. The Hall–Kier alpha value is -1.19. The minimum atomic E-state index is 0.248. The average molecular weight is 353 g/mol. The van der Waals surface area contributed by atoms with Crippen molar-refractivity contribution >= 4 is 33.2 Å². The SMILES string of the molecule is Oc1ccc2c(c1)CCCC2Nc1ccc(Br)cc1Cl. The van der Waals surface area contributed by atoms with E-state index < -0.39 is 0 Å². The van der Waals surface area contributed by atoms with Crippen molar-refractivity contribution in [2.24, 2.45) is 0 Å². The zero-order valence-electron chi connectivity index (χ0n) is 10.9. The van der Waals surface area contributed by atoms with Crippen LogP contribution in [0.3, 0.4) is 0 Å². The van der Waals surface area contributed by atoms with E-state index in [1.165, 1.54) is 11.1 Å². The van der Waals surface area contributed by atoms with Gasteiger partial charge in [0, 0.05) is 4.47 Å². The van der Waals surface area contributed by atoms with Crippen LogP contribution in [0.15, 0.2) is 40.9 Å². The Kier molecular flexibility index (Phi) is 3.90. The molecule has 1 atom stereocenters. The normalized spacial score (nSPS) is 17.6. The molecule has 2 aromatic carbocycles. The van der Waals surface area contributed by atoms with Crippen LogP contribution in [0, 0.1) is 0 Å². The summed E-state index contributed by atoms with van der Waals surface area (Å²) < 4.78 is 0.974. The highest BCUT2D eigenvalue weighted by Crippen LogP contribution is 2.36. The number of nitrogens with one attached hydrogen (secondary N) is 1. The van der Waals surface area contributed by atoms with Crippen molar-refractivity contribution in [2.45, 2.75) is 25.3 Å². The standard InChI is InChI=1S/C16H15BrClNO/c17-11-4-7-16(14(18)9-11)19-15-3-1-2-10-8-12(20)5-6-13(10)15/h4-9,15,19-20H,1-3H2. The molecule has 1 aliphatic carbocycles. The monoisotopic (exact) mass is 351 g/mol. The number of phenols is 1. The maximum Gasteiger partial charge on any atom is 0.115 e. The van der Waals surface area contributed by atoms with Crippen LogP contribution in [0.4, 0.5) is 5.69 Å². The second-order valence-electron chi connectivity index (χ2n) is 5.10. The van der Waals surface area contributed by atoms with Crippen LogP contribution in [-0.4, -0.2) is 5.11 Å². The summed E-state index contributed by atoms with van der Waals surface area (Å²) in [5.74, 6) is 0.339. The van der Waals surface area contributed by atoms with Crippen molar-refractivity contribution < 1.29 is 5.11 Å². The molecule has 1 aliphatic rings. The molecule has 2 N–H and O–H groups in total. The van der Waals surface area contributed by atoms with Gasteiger partial charge in [0.25, 0.3) is 0 Å². The highest BCUT2D eigenvalue weighted by atomic mass is 79.9. The molecule has 0 fully saturated rings. The van der Waals surface area contributed by atoms with Gasteiger partial charge in [0.2, 0.25) is 0 Å². The zero-order valence-corrected chi connectivity index (χ0v) is 13.2. The summed E-state index contributed by atoms with van der Waals surface area (Å²) in [6.45, 7) is 0. The van der Waals surface area contributed by atoms with Gasteiger partial charge >= 0.3 is 0 Å². The van der Waals surface area contributed by atoms with Crippen molar-refractivity contribution in [2.75, 3.05) is 5.32 Å². The minimum Gasteiger partial charge on any atom is -0.508 e. The number of anilines is 1. The first-order chi connectivity index (χ1) is 9.63. The number of aryl methyl sites for hydroxylation is 1. The van der Waals surface area contributed by atoms with Gasteiger partial charge in [0.15, 0.2) is 0 Å². The number of hydrogen-bond acceptors (Lipinski definition) is 2. The second kappa shape index (κ2) is 5.66. The Morgan fingerprint density at radius 3 is 2.85 bits per heavy atom. The molecule has 0 radical (unpaired) electrons. The van der Waals surface area contributed by atoms with E-state index in [-0.39, 0.29) is 6.04 Å². The van der Waals surface area contributed by atoms with E-state index in [1.807, 2.05) is 30.3 Å². The van der Waals surface area contributed by atoms with Gasteiger partial charge in [-0.1, -0.05) is 33.6 Å². The number of rotatable bonds is 2. The topological polar surface area (TPSA) is 32.3 Å². The van der Waals surface area contributed by atoms with Gasteiger partial charge in [0.05, 0.1) is 16.8 Å².